The number of pyridine rings is 1. The van der Waals surface area contributed by atoms with Crippen LogP contribution in [0.3, 0.4) is 0 Å². The number of hydrogen-bond donors (Lipinski definition) is 1. The lowest BCUT2D eigenvalue weighted by molar-refractivity contribution is -0.141. The Labute approximate surface area is 230 Å². The topological polar surface area (TPSA) is 78.2 Å². The third kappa shape index (κ3) is 5.90. The number of nitrogens with zero attached hydrogens (tertiary/aromatic N) is 3. The molecule has 0 bridgehead atoms. The van der Waals surface area contributed by atoms with Gasteiger partial charge in [0, 0.05) is 46.0 Å². The second kappa shape index (κ2) is 10.8. The monoisotopic (exact) mass is 578 g/mol. The van der Waals surface area contributed by atoms with Gasteiger partial charge in [-0.2, -0.15) is 13.2 Å². The summed E-state index contributed by atoms with van der Waals surface area (Å²) in [5, 5.41) is 3.93. The van der Waals surface area contributed by atoms with E-state index in [-0.39, 0.29) is 12.6 Å². The first-order chi connectivity index (χ1) is 18.5. The molecule has 1 fully saturated rings. The van der Waals surface area contributed by atoms with Crippen LogP contribution in [-0.4, -0.2) is 39.5 Å². The van der Waals surface area contributed by atoms with E-state index in [2.05, 4.69) is 17.2 Å². The highest BCUT2D eigenvalue weighted by Crippen LogP contribution is 2.42. The summed E-state index contributed by atoms with van der Waals surface area (Å²) in [6, 6.07) is 8.25. The maximum atomic E-state index is 12.9. The van der Waals surface area contributed by atoms with Crippen molar-refractivity contribution in [2.45, 2.75) is 45.6 Å². The van der Waals surface area contributed by atoms with Gasteiger partial charge in [0.25, 0.3) is 5.56 Å². The average Bonchev–Trinajstić information content (AvgIpc) is 3.28. The lowest BCUT2D eigenvalue weighted by Gasteiger charge is -2.31. The number of fused-ring (bicyclic) bond motifs is 1. The minimum Gasteiger partial charge on any atom is -0.488 e. The van der Waals surface area contributed by atoms with Crippen molar-refractivity contribution in [1.29, 1.82) is 0 Å². The van der Waals surface area contributed by atoms with Gasteiger partial charge >= 0.3 is 11.9 Å². The molecule has 4 aromatic rings. The molecule has 0 aliphatic carbocycles. The van der Waals surface area contributed by atoms with Gasteiger partial charge in [-0.15, -0.1) is 11.3 Å². The van der Waals surface area contributed by atoms with Crippen LogP contribution in [0.2, 0.25) is 5.02 Å². The Balaban J connectivity index is 1.56. The van der Waals surface area contributed by atoms with Gasteiger partial charge in [-0.3, -0.25) is 18.9 Å². The van der Waals surface area contributed by atoms with Gasteiger partial charge in [-0.05, 0) is 55.6 Å². The van der Waals surface area contributed by atoms with Crippen molar-refractivity contribution >= 4 is 33.2 Å². The maximum Gasteiger partial charge on any atom is 0.406 e. The Morgan fingerprint density at radius 3 is 2.74 bits per heavy atom. The number of thiophene rings is 1. The molecule has 39 heavy (non-hydrogen) atoms. The van der Waals surface area contributed by atoms with E-state index in [1.807, 2.05) is 25.1 Å². The minimum absolute atomic E-state index is 0.0163. The van der Waals surface area contributed by atoms with Crippen LogP contribution in [0.25, 0.3) is 21.3 Å². The number of aryl methyl sites for hydroxylation is 1. The van der Waals surface area contributed by atoms with E-state index in [4.69, 9.17) is 16.3 Å². The van der Waals surface area contributed by atoms with Crippen LogP contribution >= 0.6 is 22.9 Å². The van der Waals surface area contributed by atoms with Crippen molar-refractivity contribution in [3.8, 4) is 16.9 Å². The molecule has 1 saturated heterocycles. The SMILES string of the molecule is Cc1cc(Cl)cc(-c2ccnc3cc(Cn4c(=O)ccn(CC(F)(F)F)c4=O)sc23)c1O[C@@H]1CNCC[C@@H]1C. The number of nitrogens with one attached hydrogen (secondary N) is 1. The fourth-order valence-electron chi connectivity index (χ4n) is 4.81. The molecule has 0 amide bonds. The standard InChI is InChI=1S/C27H26ClF3N4O3S/c1-15-3-6-32-12-22(15)38-24-16(2)9-17(28)10-20(24)19-4-7-33-21-11-18(39-25(19)21)13-35-23(36)5-8-34(26(35)37)14-27(29,30)31/h4-5,7-11,15,22,32H,3,6,12-14H2,1-2H3/t15-,22+/m0/s1. The van der Waals surface area contributed by atoms with Crippen molar-refractivity contribution in [1.82, 2.24) is 19.4 Å². The number of alkyl halides is 3. The van der Waals surface area contributed by atoms with Gasteiger partial charge in [-0.1, -0.05) is 18.5 Å². The van der Waals surface area contributed by atoms with Crippen molar-refractivity contribution in [3.63, 3.8) is 0 Å². The second-order valence-electron chi connectivity index (χ2n) is 9.78. The lowest BCUT2D eigenvalue weighted by Crippen LogP contribution is -2.43. The molecule has 0 spiro atoms. The number of rotatable bonds is 6. The van der Waals surface area contributed by atoms with Crippen molar-refractivity contribution < 1.29 is 17.9 Å². The Kier molecular flexibility index (Phi) is 7.58. The molecule has 0 saturated carbocycles. The first-order valence-corrected chi connectivity index (χ1v) is 13.6. The normalized spacial score (nSPS) is 18.0. The number of hydrogen-bond acceptors (Lipinski definition) is 6. The van der Waals surface area contributed by atoms with E-state index in [9.17, 15) is 22.8 Å². The van der Waals surface area contributed by atoms with Crippen molar-refractivity contribution in [3.05, 3.63) is 79.0 Å². The summed E-state index contributed by atoms with van der Waals surface area (Å²) >= 11 is 7.78. The molecule has 1 N–H and O–H groups in total. The fourth-order valence-corrected chi connectivity index (χ4v) is 6.21. The Bertz CT molecular complexity index is 1650. The summed E-state index contributed by atoms with van der Waals surface area (Å²) in [6.45, 7) is 4.13. The highest BCUT2D eigenvalue weighted by atomic mass is 35.5. The molecule has 4 heterocycles. The maximum absolute atomic E-state index is 12.9. The molecule has 0 radical (unpaired) electrons. The van der Waals surface area contributed by atoms with E-state index < -0.39 is 24.0 Å². The molecule has 206 valence electrons. The predicted octanol–water partition coefficient (Wildman–Crippen LogP) is 5.24. The summed E-state index contributed by atoms with van der Waals surface area (Å²) in [7, 11) is 0. The molecule has 0 unspecified atom stereocenters. The molecule has 1 aromatic carbocycles. The van der Waals surface area contributed by atoms with Crippen LogP contribution in [0.15, 0.2) is 52.3 Å². The van der Waals surface area contributed by atoms with Crippen LogP contribution < -0.4 is 21.3 Å². The van der Waals surface area contributed by atoms with Crippen LogP contribution in [-0.2, 0) is 13.1 Å². The minimum atomic E-state index is -4.59. The smallest absolute Gasteiger partial charge is 0.406 e. The molecule has 1 aliphatic heterocycles. The summed E-state index contributed by atoms with van der Waals surface area (Å²) in [4.78, 5) is 30.2. The van der Waals surface area contributed by atoms with Gasteiger partial charge in [0.15, 0.2) is 0 Å². The average molecular weight is 579 g/mol. The summed E-state index contributed by atoms with van der Waals surface area (Å²) < 4.78 is 47.3. The third-order valence-corrected chi connectivity index (χ3v) is 8.18. The van der Waals surface area contributed by atoms with Gasteiger partial charge in [0.1, 0.15) is 18.4 Å². The highest BCUT2D eigenvalue weighted by Gasteiger charge is 2.29. The molecular weight excluding hydrogens is 553 g/mol. The van der Waals surface area contributed by atoms with E-state index >= 15 is 0 Å². The largest absolute Gasteiger partial charge is 0.488 e. The molecule has 2 atom stereocenters. The number of benzene rings is 1. The number of piperidine rings is 1. The zero-order chi connectivity index (χ0) is 27.9. The van der Waals surface area contributed by atoms with Crippen LogP contribution in [0, 0.1) is 12.8 Å². The Morgan fingerprint density at radius 1 is 1.21 bits per heavy atom. The fraction of sp³-hybridized carbons (Fsp3) is 0.370. The number of halogens is 4. The van der Waals surface area contributed by atoms with Gasteiger partial charge in [-0.25, -0.2) is 4.79 Å². The number of ether oxygens (including phenoxy) is 1. The van der Waals surface area contributed by atoms with Gasteiger partial charge in [0.2, 0.25) is 0 Å². The molecule has 7 nitrogen and oxygen atoms in total. The van der Waals surface area contributed by atoms with Gasteiger partial charge in [0.05, 0.1) is 16.8 Å². The van der Waals surface area contributed by atoms with E-state index in [1.54, 1.807) is 12.3 Å². The van der Waals surface area contributed by atoms with Gasteiger partial charge < -0.3 is 10.1 Å². The van der Waals surface area contributed by atoms with Crippen LogP contribution in [0.5, 0.6) is 5.75 Å². The highest BCUT2D eigenvalue weighted by molar-refractivity contribution is 7.19. The summed E-state index contributed by atoms with van der Waals surface area (Å²) in [5.41, 5.74) is 1.43. The van der Waals surface area contributed by atoms with E-state index in [1.165, 1.54) is 11.3 Å². The Hall–Kier alpha value is -3.15. The summed E-state index contributed by atoms with van der Waals surface area (Å²) in [5.74, 6) is 1.09. The summed E-state index contributed by atoms with van der Waals surface area (Å²) in [6.07, 6.45) is -1.08. The molecule has 12 heteroatoms. The molecular formula is C27H26ClF3N4O3S. The van der Waals surface area contributed by atoms with Crippen LogP contribution in [0.1, 0.15) is 23.8 Å². The van der Waals surface area contributed by atoms with Crippen LogP contribution in [0.4, 0.5) is 13.2 Å². The van der Waals surface area contributed by atoms with Crippen molar-refractivity contribution in [2.75, 3.05) is 13.1 Å². The molecule has 3 aromatic heterocycles. The Morgan fingerprint density at radius 2 is 2.00 bits per heavy atom. The molecule has 5 rings (SSSR count). The number of aromatic nitrogens is 3. The van der Waals surface area contributed by atoms with Crippen molar-refractivity contribution in [2.24, 2.45) is 5.92 Å². The zero-order valence-electron chi connectivity index (χ0n) is 21.2. The predicted molar refractivity (Wildman–Crippen MR) is 146 cm³/mol. The zero-order valence-corrected chi connectivity index (χ0v) is 22.8. The first-order valence-electron chi connectivity index (χ1n) is 12.4. The van der Waals surface area contributed by atoms with E-state index in [0.717, 1.165) is 63.5 Å². The molecule has 1 aliphatic rings. The second-order valence-corrected chi connectivity index (χ2v) is 11.4. The lowest BCUT2D eigenvalue weighted by atomic mass is 9.96. The quantitative estimate of drug-likeness (QED) is 0.339. The van der Waals surface area contributed by atoms with E-state index in [0.29, 0.717) is 25.9 Å². The first kappa shape index (κ1) is 27.4. The third-order valence-electron chi connectivity index (χ3n) is 6.82.